The summed E-state index contributed by atoms with van der Waals surface area (Å²) >= 11 is 5.77. The molecule has 0 saturated heterocycles. The van der Waals surface area contributed by atoms with E-state index in [0.717, 1.165) is 12.0 Å². The third kappa shape index (κ3) is 4.36. The van der Waals surface area contributed by atoms with E-state index in [2.05, 4.69) is 5.32 Å². The van der Waals surface area contributed by atoms with Gasteiger partial charge in [0.1, 0.15) is 0 Å². The van der Waals surface area contributed by atoms with Gasteiger partial charge in [-0.25, -0.2) is 0 Å². The molecule has 1 rings (SSSR count). The summed E-state index contributed by atoms with van der Waals surface area (Å²) in [5.74, 6) is -0.0342. The molecular weight excluding hydrogens is 238 g/mol. The standard InChI is InChI=1S/C13H18ClNO2/c1-3-4-12(16)15-9(2)13(17)10-5-7-11(14)8-6-10/h5-9,13,17H,3-4H2,1-2H3,(H,15,16). The number of rotatable bonds is 5. The number of hydrogen-bond donors (Lipinski definition) is 2. The van der Waals surface area contributed by atoms with E-state index in [1.54, 1.807) is 31.2 Å². The molecule has 1 aromatic rings. The summed E-state index contributed by atoms with van der Waals surface area (Å²) in [6.07, 6.45) is 0.570. The van der Waals surface area contributed by atoms with E-state index in [4.69, 9.17) is 11.6 Å². The lowest BCUT2D eigenvalue weighted by Crippen LogP contribution is -2.36. The van der Waals surface area contributed by atoms with Gasteiger partial charge in [0.05, 0.1) is 12.1 Å². The monoisotopic (exact) mass is 255 g/mol. The Labute approximate surface area is 107 Å². The average Bonchev–Trinajstić information content (AvgIpc) is 2.29. The van der Waals surface area contributed by atoms with Crippen molar-refractivity contribution >= 4 is 17.5 Å². The Balaban J connectivity index is 2.60. The third-order valence-corrected chi connectivity index (χ3v) is 2.80. The van der Waals surface area contributed by atoms with Gasteiger partial charge in [0.25, 0.3) is 0 Å². The number of amides is 1. The Morgan fingerprint density at radius 3 is 2.53 bits per heavy atom. The minimum atomic E-state index is -0.715. The minimum Gasteiger partial charge on any atom is -0.386 e. The van der Waals surface area contributed by atoms with E-state index in [9.17, 15) is 9.90 Å². The zero-order chi connectivity index (χ0) is 12.8. The van der Waals surface area contributed by atoms with Crippen molar-refractivity contribution < 1.29 is 9.90 Å². The molecule has 0 radical (unpaired) electrons. The van der Waals surface area contributed by atoms with Crippen LogP contribution >= 0.6 is 11.6 Å². The summed E-state index contributed by atoms with van der Waals surface area (Å²) in [6, 6.07) is 6.65. The van der Waals surface area contributed by atoms with E-state index in [0.29, 0.717) is 11.4 Å². The first-order valence-corrected chi connectivity index (χ1v) is 6.15. The lowest BCUT2D eigenvalue weighted by atomic mass is 10.0. The molecule has 2 N–H and O–H groups in total. The second-order valence-electron chi connectivity index (χ2n) is 4.10. The van der Waals surface area contributed by atoms with Crippen LogP contribution in [0.4, 0.5) is 0 Å². The van der Waals surface area contributed by atoms with Gasteiger partial charge in [-0.05, 0) is 31.0 Å². The van der Waals surface area contributed by atoms with Crippen molar-refractivity contribution in [1.29, 1.82) is 0 Å². The van der Waals surface area contributed by atoms with Gasteiger partial charge in [-0.3, -0.25) is 4.79 Å². The number of carbonyl (C=O) groups is 1. The van der Waals surface area contributed by atoms with Crippen LogP contribution in [-0.4, -0.2) is 17.1 Å². The van der Waals surface area contributed by atoms with Gasteiger partial charge in [0, 0.05) is 11.4 Å². The van der Waals surface area contributed by atoms with Crippen molar-refractivity contribution in [2.45, 2.75) is 38.8 Å². The smallest absolute Gasteiger partial charge is 0.220 e. The van der Waals surface area contributed by atoms with Gasteiger partial charge < -0.3 is 10.4 Å². The van der Waals surface area contributed by atoms with Gasteiger partial charge in [0.15, 0.2) is 0 Å². The number of benzene rings is 1. The Kier molecular flexibility index (Phi) is 5.45. The molecule has 17 heavy (non-hydrogen) atoms. The van der Waals surface area contributed by atoms with Crippen LogP contribution in [-0.2, 0) is 4.79 Å². The molecule has 4 heteroatoms. The fourth-order valence-corrected chi connectivity index (χ4v) is 1.71. The predicted molar refractivity (Wildman–Crippen MR) is 68.9 cm³/mol. The summed E-state index contributed by atoms with van der Waals surface area (Å²) in [6.45, 7) is 3.73. The molecule has 0 saturated carbocycles. The number of nitrogens with one attached hydrogen (secondary N) is 1. The molecule has 0 aliphatic heterocycles. The second-order valence-corrected chi connectivity index (χ2v) is 4.54. The molecule has 94 valence electrons. The lowest BCUT2D eigenvalue weighted by Gasteiger charge is -2.20. The lowest BCUT2D eigenvalue weighted by molar-refractivity contribution is -0.122. The normalized spacial score (nSPS) is 14.1. The highest BCUT2D eigenvalue weighted by molar-refractivity contribution is 6.30. The number of hydrogen-bond acceptors (Lipinski definition) is 2. The first kappa shape index (κ1) is 14.0. The van der Waals surface area contributed by atoms with Crippen LogP contribution in [0.5, 0.6) is 0 Å². The van der Waals surface area contributed by atoms with Crippen LogP contribution in [0.15, 0.2) is 24.3 Å². The number of aliphatic hydroxyl groups excluding tert-OH is 1. The van der Waals surface area contributed by atoms with Gasteiger partial charge in [0.2, 0.25) is 5.91 Å². The average molecular weight is 256 g/mol. The Morgan fingerprint density at radius 2 is 2.00 bits per heavy atom. The van der Waals surface area contributed by atoms with Crippen LogP contribution in [0.2, 0.25) is 5.02 Å². The quantitative estimate of drug-likeness (QED) is 0.850. The Morgan fingerprint density at radius 1 is 1.41 bits per heavy atom. The molecular formula is C13H18ClNO2. The highest BCUT2D eigenvalue weighted by atomic mass is 35.5. The van der Waals surface area contributed by atoms with Gasteiger partial charge in [-0.1, -0.05) is 30.7 Å². The maximum atomic E-state index is 11.4. The number of aliphatic hydroxyl groups is 1. The van der Waals surface area contributed by atoms with Crippen molar-refractivity contribution in [3.05, 3.63) is 34.9 Å². The third-order valence-electron chi connectivity index (χ3n) is 2.55. The summed E-state index contributed by atoms with van der Waals surface area (Å²) in [4.78, 5) is 11.4. The van der Waals surface area contributed by atoms with Crippen molar-refractivity contribution in [3.8, 4) is 0 Å². The van der Waals surface area contributed by atoms with Crippen molar-refractivity contribution in [2.24, 2.45) is 0 Å². The molecule has 0 aliphatic rings. The highest BCUT2D eigenvalue weighted by Crippen LogP contribution is 2.19. The second kappa shape index (κ2) is 6.62. The fourth-order valence-electron chi connectivity index (χ4n) is 1.58. The number of carbonyl (C=O) groups excluding carboxylic acids is 1. The first-order chi connectivity index (χ1) is 8.04. The summed E-state index contributed by atoms with van der Waals surface area (Å²) < 4.78 is 0. The molecule has 0 fully saturated rings. The SMILES string of the molecule is CCCC(=O)NC(C)C(O)c1ccc(Cl)cc1. The van der Waals surface area contributed by atoms with Gasteiger partial charge in [-0.15, -0.1) is 0 Å². The maximum absolute atomic E-state index is 11.4. The van der Waals surface area contributed by atoms with Crippen LogP contribution in [0, 0.1) is 0 Å². The van der Waals surface area contributed by atoms with E-state index < -0.39 is 6.10 Å². The summed E-state index contributed by atoms with van der Waals surface area (Å²) in [5.41, 5.74) is 0.749. The molecule has 2 atom stereocenters. The van der Waals surface area contributed by atoms with E-state index in [1.165, 1.54) is 0 Å². The highest BCUT2D eigenvalue weighted by Gasteiger charge is 2.17. The van der Waals surface area contributed by atoms with E-state index in [1.807, 2.05) is 6.92 Å². The molecule has 3 nitrogen and oxygen atoms in total. The zero-order valence-electron chi connectivity index (χ0n) is 10.1. The van der Waals surface area contributed by atoms with Crippen molar-refractivity contribution in [2.75, 3.05) is 0 Å². The van der Waals surface area contributed by atoms with Gasteiger partial charge >= 0.3 is 0 Å². The zero-order valence-corrected chi connectivity index (χ0v) is 10.9. The van der Waals surface area contributed by atoms with Gasteiger partial charge in [-0.2, -0.15) is 0 Å². The Hall–Kier alpha value is -1.06. The molecule has 2 unspecified atom stereocenters. The number of halogens is 1. The topological polar surface area (TPSA) is 49.3 Å². The maximum Gasteiger partial charge on any atom is 0.220 e. The molecule has 1 aromatic carbocycles. The largest absolute Gasteiger partial charge is 0.386 e. The van der Waals surface area contributed by atoms with Crippen molar-refractivity contribution in [3.63, 3.8) is 0 Å². The molecule has 0 heterocycles. The first-order valence-electron chi connectivity index (χ1n) is 5.77. The molecule has 0 aromatic heterocycles. The predicted octanol–water partition coefficient (Wildman–Crippen LogP) is 2.68. The molecule has 0 bridgehead atoms. The van der Waals surface area contributed by atoms with Crippen LogP contribution in [0.3, 0.4) is 0 Å². The van der Waals surface area contributed by atoms with E-state index in [-0.39, 0.29) is 11.9 Å². The Bertz CT molecular complexity index is 364. The van der Waals surface area contributed by atoms with Crippen molar-refractivity contribution in [1.82, 2.24) is 5.32 Å². The van der Waals surface area contributed by atoms with E-state index >= 15 is 0 Å². The van der Waals surface area contributed by atoms with Crippen LogP contribution < -0.4 is 5.32 Å². The summed E-state index contributed by atoms with van der Waals surface area (Å²) in [5, 5.41) is 13.4. The molecule has 1 amide bonds. The fraction of sp³-hybridized carbons (Fsp3) is 0.462. The van der Waals surface area contributed by atoms with Crippen LogP contribution in [0.25, 0.3) is 0 Å². The van der Waals surface area contributed by atoms with Crippen LogP contribution in [0.1, 0.15) is 38.4 Å². The minimum absolute atomic E-state index is 0.0342. The molecule has 0 aliphatic carbocycles. The summed E-state index contributed by atoms with van der Waals surface area (Å²) in [7, 11) is 0. The molecule has 0 spiro atoms.